The summed E-state index contributed by atoms with van der Waals surface area (Å²) in [7, 11) is 0. The summed E-state index contributed by atoms with van der Waals surface area (Å²) in [6.07, 6.45) is 1.67. The monoisotopic (exact) mass is 297 g/mol. The first-order valence-corrected chi connectivity index (χ1v) is 7.57. The standard InChI is InChI=1S/C14H16ClNO2S/c1-3-5-10(14(17)18-4-2)13-16-11-8-9(15)6-7-12(11)19-13/h6-8,10H,3-5H2,1-2H3. The van der Waals surface area contributed by atoms with Crippen LogP contribution in [0.5, 0.6) is 0 Å². The van der Waals surface area contributed by atoms with Gasteiger partial charge in [-0.05, 0) is 31.5 Å². The zero-order valence-electron chi connectivity index (χ0n) is 11.0. The molecule has 1 aromatic heterocycles. The van der Waals surface area contributed by atoms with Crippen molar-refractivity contribution in [1.82, 2.24) is 4.98 Å². The number of hydrogen-bond acceptors (Lipinski definition) is 4. The SMILES string of the molecule is CCCC(C(=O)OCC)c1nc2cc(Cl)ccc2s1. The number of benzene rings is 1. The Morgan fingerprint density at radius 1 is 1.47 bits per heavy atom. The van der Waals surface area contributed by atoms with Gasteiger partial charge in [-0.25, -0.2) is 4.98 Å². The van der Waals surface area contributed by atoms with Gasteiger partial charge in [0.1, 0.15) is 10.9 Å². The molecule has 0 saturated carbocycles. The first-order valence-electron chi connectivity index (χ1n) is 6.38. The van der Waals surface area contributed by atoms with Gasteiger partial charge in [-0.15, -0.1) is 11.3 Å². The molecule has 0 saturated heterocycles. The fraction of sp³-hybridized carbons (Fsp3) is 0.429. The van der Waals surface area contributed by atoms with Gasteiger partial charge in [0.05, 0.1) is 16.8 Å². The van der Waals surface area contributed by atoms with Gasteiger partial charge in [0.2, 0.25) is 0 Å². The fourth-order valence-corrected chi connectivity index (χ4v) is 3.18. The van der Waals surface area contributed by atoms with E-state index in [9.17, 15) is 4.79 Å². The lowest BCUT2D eigenvalue weighted by atomic mass is 10.1. The van der Waals surface area contributed by atoms with Gasteiger partial charge < -0.3 is 4.74 Å². The summed E-state index contributed by atoms with van der Waals surface area (Å²) in [5, 5.41) is 1.48. The van der Waals surface area contributed by atoms with E-state index in [4.69, 9.17) is 16.3 Å². The average Bonchev–Trinajstić information content (AvgIpc) is 2.78. The van der Waals surface area contributed by atoms with Crippen LogP contribution in [-0.4, -0.2) is 17.6 Å². The number of thiazole rings is 1. The Hall–Kier alpha value is -1.13. The van der Waals surface area contributed by atoms with E-state index in [1.165, 1.54) is 11.3 Å². The highest BCUT2D eigenvalue weighted by Gasteiger charge is 2.24. The predicted octanol–water partition coefficient (Wildman–Crippen LogP) is 4.40. The van der Waals surface area contributed by atoms with Crippen molar-refractivity contribution in [2.45, 2.75) is 32.6 Å². The zero-order chi connectivity index (χ0) is 13.8. The first kappa shape index (κ1) is 14.3. The molecule has 2 aromatic rings. The van der Waals surface area contributed by atoms with Crippen LogP contribution in [0, 0.1) is 0 Å². The highest BCUT2D eigenvalue weighted by atomic mass is 35.5. The molecule has 0 amide bonds. The maximum absolute atomic E-state index is 12.0. The minimum atomic E-state index is -0.263. The zero-order valence-corrected chi connectivity index (χ0v) is 12.6. The lowest BCUT2D eigenvalue weighted by Crippen LogP contribution is -2.15. The van der Waals surface area contributed by atoms with E-state index in [1.54, 1.807) is 0 Å². The summed E-state index contributed by atoms with van der Waals surface area (Å²) in [6, 6.07) is 5.60. The van der Waals surface area contributed by atoms with Crippen LogP contribution in [-0.2, 0) is 9.53 Å². The number of nitrogens with zero attached hydrogens (tertiary/aromatic N) is 1. The summed E-state index contributed by atoms with van der Waals surface area (Å²) in [6.45, 7) is 4.27. The summed E-state index contributed by atoms with van der Waals surface area (Å²) >= 11 is 7.49. The topological polar surface area (TPSA) is 39.2 Å². The third kappa shape index (κ3) is 3.25. The Balaban J connectivity index is 2.35. The number of fused-ring (bicyclic) bond motifs is 1. The summed E-state index contributed by atoms with van der Waals surface area (Å²) < 4.78 is 6.18. The summed E-state index contributed by atoms with van der Waals surface area (Å²) in [5.41, 5.74) is 0.845. The van der Waals surface area contributed by atoms with Gasteiger partial charge in [0, 0.05) is 5.02 Å². The highest BCUT2D eigenvalue weighted by molar-refractivity contribution is 7.18. The smallest absolute Gasteiger partial charge is 0.315 e. The fourth-order valence-electron chi connectivity index (χ4n) is 1.94. The van der Waals surface area contributed by atoms with Crippen molar-refractivity contribution in [1.29, 1.82) is 0 Å². The molecule has 0 aliphatic heterocycles. The summed E-state index contributed by atoms with van der Waals surface area (Å²) in [4.78, 5) is 16.5. The number of hydrogen-bond donors (Lipinski definition) is 0. The maximum atomic E-state index is 12.0. The van der Waals surface area contributed by atoms with Crippen LogP contribution >= 0.6 is 22.9 Å². The lowest BCUT2D eigenvalue weighted by Gasteiger charge is -2.11. The van der Waals surface area contributed by atoms with Crippen LogP contribution in [0.25, 0.3) is 10.2 Å². The molecular weight excluding hydrogens is 282 g/mol. The van der Waals surface area contributed by atoms with E-state index in [0.717, 1.165) is 28.1 Å². The predicted molar refractivity (Wildman–Crippen MR) is 78.9 cm³/mol. The molecule has 5 heteroatoms. The number of carbonyl (C=O) groups is 1. The Morgan fingerprint density at radius 2 is 2.26 bits per heavy atom. The minimum absolute atomic E-state index is 0.186. The molecule has 1 atom stereocenters. The van der Waals surface area contributed by atoms with Crippen LogP contribution in [0.15, 0.2) is 18.2 Å². The van der Waals surface area contributed by atoms with Crippen LogP contribution in [0.3, 0.4) is 0 Å². The molecule has 3 nitrogen and oxygen atoms in total. The van der Waals surface area contributed by atoms with Crippen LogP contribution in [0.1, 0.15) is 37.6 Å². The Morgan fingerprint density at radius 3 is 2.95 bits per heavy atom. The van der Waals surface area contributed by atoms with Crippen molar-refractivity contribution in [3.05, 3.63) is 28.2 Å². The second kappa shape index (κ2) is 6.35. The van der Waals surface area contributed by atoms with E-state index in [0.29, 0.717) is 11.6 Å². The number of halogens is 1. The van der Waals surface area contributed by atoms with Gasteiger partial charge in [0.25, 0.3) is 0 Å². The molecule has 0 radical (unpaired) electrons. The van der Waals surface area contributed by atoms with Crippen molar-refractivity contribution >= 4 is 39.1 Å². The second-order valence-corrected chi connectivity index (χ2v) is 5.76. The number of carbonyl (C=O) groups excluding carboxylic acids is 1. The van der Waals surface area contributed by atoms with Crippen LogP contribution in [0.2, 0.25) is 5.02 Å². The second-order valence-electron chi connectivity index (χ2n) is 4.26. The molecule has 1 unspecified atom stereocenters. The highest BCUT2D eigenvalue weighted by Crippen LogP contribution is 2.32. The van der Waals surface area contributed by atoms with Gasteiger partial charge in [-0.3, -0.25) is 4.79 Å². The molecule has 1 heterocycles. The Kier molecular flexibility index (Phi) is 4.77. The van der Waals surface area contributed by atoms with Crippen molar-refractivity contribution in [2.24, 2.45) is 0 Å². The summed E-state index contributed by atoms with van der Waals surface area (Å²) in [5.74, 6) is -0.448. The average molecular weight is 298 g/mol. The van der Waals surface area contributed by atoms with E-state index < -0.39 is 0 Å². The Labute approximate surface area is 121 Å². The van der Waals surface area contributed by atoms with Gasteiger partial charge in [0.15, 0.2) is 0 Å². The molecule has 19 heavy (non-hydrogen) atoms. The van der Waals surface area contributed by atoms with Crippen molar-refractivity contribution in [3.63, 3.8) is 0 Å². The molecule has 0 fully saturated rings. The van der Waals surface area contributed by atoms with Crippen molar-refractivity contribution < 1.29 is 9.53 Å². The number of esters is 1. The van der Waals surface area contributed by atoms with E-state index in [2.05, 4.69) is 11.9 Å². The molecule has 0 bridgehead atoms. The van der Waals surface area contributed by atoms with Crippen LogP contribution in [0.4, 0.5) is 0 Å². The third-order valence-corrected chi connectivity index (χ3v) is 4.20. The first-order chi connectivity index (χ1) is 9.15. The number of ether oxygens (including phenoxy) is 1. The molecule has 0 aliphatic carbocycles. The lowest BCUT2D eigenvalue weighted by molar-refractivity contribution is -0.145. The molecular formula is C14H16ClNO2S. The van der Waals surface area contributed by atoms with E-state index >= 15 is 0 Å². The van der Waals surface area contributed by atoms with Crippen molar-refractivity contribution in [3.8, 4) is 0 Å². The normalized spacial score (nSPS) is 12.6. The van der Waals surface area contributed by atoms with Gasteiger partial charge in [-0.1, -0.05) is 24.9 Å². The van der Waals surface area contributed by atoms with Crippen molar-refractivity contribution in [2.75, 3.05) is 6.61 Å². The van der Waals surface area contributed by atoms with Crippen LogP contribution < -0.4 is 0 Å². The maximum Gasteiger partial charge on any atom is 0.315 e. The minimum Gasteiger partial charge on any atom is -0.465 e. The molecule has 0 spiro atoms. The number of rotatable bonds is 5. The quantitative estimate of drug-likeness (QED) is 0.768. The van der Waals surface area contributed by atoms with Gasteiger partial charge >= 0.3 is 5.97 Å². The molecule has 102 valence electrons. The largest absolute Gasteiger partial charge is 0.465 e. The van der Waals surface area contributed by atoms with E-state index in [1.807, 2.05) is 25.1 Å². The molecule has 2 rings (SSSR count). The number of aromatic nitrogens is 1. The molecule has 1 aromatic carbocycles. The molecule has 0 N–H and O–H groups in total. The van der Waals surface area contributed by atoms with Gasteiger partial charge in [-0.2, -0.15) is 0 Å². The Bertz CT molecular complexity index is 582. The molecule has 0 aliphatic rings. The van der Waals surface area contributed by atoms with E-state index in [-0.39, 0.29) is 11.9 Å². The third-order valence-electron chi connectivity index (χ3n) is 2.81.